The van der Waals surface area contributed by atoms with Gasteiger partial charge < -0.3 is 19.4 Å². The number of hydrogen-bond acceptors (Lipinski definition) is 5. The maximum Gasteiger partial charge on any atom is 0.472 e. The molecule has 8 nitrogen and oxygen atoms in total. The fraction of sp³-hybridized carbons (Fsp3) is 0.970. The van der Waals surface area contributed by atoms with E-state index in [0.29, 0.717) is 24.1 Å². The van der Waals surface area contributed by atoms with E-state index in [4.69, 9.17) is 13.8 Å². The number of nitrogens with one attached hydrogen (secondary N) is 1. The predicted octanol–water partition coefficient (Wildman–Crippen LogP) is 8.56. The van der Waals surface area contributed by atoms with Gasteiger partial charge in [0.05, 0.1) is 33.9 Å². The van der Waals surface area contributed by atoms with Gasteiger partial charge in [-0.3, -0.25) is 13.8 Å². The molecule has 0 rings (SSSR count). The molecule has 9 heteroatoms. The van der Waals surface area contributed by atoms with Crippen molar-refractivity contribution in [1.82, 2.24) is 5.32 Å². The summed E-state index contributed by atoms with van der Waals surface area (Å²) in [7, 11) is 1.78. The lowest BCUT2D eigenvalue weighted by Crippen LogP contribution is -2.37. The van der Waals surface area contributed by atoms with E-state index in [-0.39, 0.29) is 25.7 Å². The highest BCUT2D eigenvalue weighted by Gasteiger charge is 2.25. The number of carbonyl (C=O) groups excluding carboxylic acids is 1. The number of carbonyl (C=O) groups is 1. The Bertz CT molecular complexity index is 659. The Morgan fingerprint density at radius 1 is 0.690 bits per heavy atom. The van der Waals surface area contributed by atoms with Crippen molar-refractivity contribution in [2.45, 2.75) is 155 Å². The van der Waals surface area contributed by atoms with Crippen LogP contribution in [0.2, 0.25) is 0 Å². The molecule has 0 aliphatic rings. The van der Waals surface area contributed by atoms with Gasteiger partial charge in [0.15, 0.2) is 0 Å². The third kappa shape index (κ3) is 30.9. The molecule has 0 aromatic heterocycles. The molecule has 0 bridgehead atoms. The Balaban J connectivity index is 4.32. The summed E-state index contributed by atoms with van der Waals surface area (Å²) in [4.78, 5) is 22.5. The summed E-state index contributed by atoms with van der Waals surface area (Å²) in [6.07, 6.45) is 24.8. The topological polar surface area (TPSA) is 94.1 Å². The smallest absolute Gasteiger partial charge is 0.374 e. The summed E-state index contributed by atoms with van der Waals surface area (Å²) in [5.74, 6) is -0.00684. The number of ether oxygens (including phenoxy) is 1. The molecule has 2 atom stereocenters. The van der Waals surface area contributed by atoms with E-state index >= 15 is 0 Å². The van der Waals surface area contributed by atoms with Crippen molar-refractivity contribution in [2.75, 3.05) is 54.1 Å². The molecule has 2 N–H and O–H groups in total. The van der Waals surface area contributed by atoms with Crippen molar-refractivity contribution >= 4 is 13.7 Å². The highest BCUT2D eigenvalue weighted by molar-refractivity contribution is 7.47. The minimum Gasteiger partial charge on any atom is -0.374 e. The average Bonchev–Trinajstić information content (AvgIpc) is 2.92. The summed E-state index contributed by atoms with van der Waals surface area (Å²) in [5.41, 5.74) is 0. The molecule has 42 heavy (non-hydrogen) atoms. The van der Waals surface area contributed by atoms with Crippen LogP contribution in [0.25, 0.3) is 0 Å². The summed E-state index contributed by atoms with van der Waals surface area (Å²) in [6.45, 7) is 5.89. The predicted molar refractivity (Wildman–Crippen MR) is 176 cm³/mol. The van der Waals surface area contributed by atoms with E-state index in [9.17, 15) is 14.3 Å². The van der Waals surface area contributed by atoms with Crippen LogP contribution in [0.4, 0.5) is 0 Å². The van der Waals surface area contributed by atoms with E-state index in [1.54, 1.807) is 0 Å². The standard InChI is InChI=1S/C33H69N2O6P/c1-6-8-10-12-14-16-17-19-21-23-25-28-39-32(31-41-42(37,38)40-29-27-35(3,4)5)30-34-33(36)26-24-22-20-18-15-13-11-9-7-2/h32H,6-31H2,1-5H3,(H-,34,36,37,38)/p+1. The molecule has 0 radical (unpaired) electrons. The first-order chi connectivity index (χ1) is 20.1. The maximum absolute atomic E-state index is 12.4. The van der Waals surface area contributed by atoms with Gasteiger partial charge in [-0.1, -0.05) is 129 Å². The first-order valence-electron chi connectivity index (χ1n) is 17.4. The number of hydrogen-bond donors (Lipinski definition) is 2. The number of likely N-dealkylation sites (N-methyl/N-ethyl adjacent to an activating group) is 1. The summed E-state index contributed by atoms with van der Waals surface area (Å²) in [5, 5.41) is 2.94. The quantitative estimate of drug-likeness (QED) is 0.0444. The zero-order valence-corrected chi connectivity index (χ0v) is 29.2. The Labute approximate surface area is 260 Å². The van der Waals surface area contributed by atoms with Gasteiger partial charge in [0.1, 0.15) is 13.2 Å². The third-order valence-electron chi connectivity index (χ3n) is 7.58. The minimum atomic E-state index is -4.19. The van der Waals surface area contributed by atoms with Gasteiger partial charge in [-0.25, -0.2) is 4.57 Å². The van der Waals surface area contributed by atoms with Crippen molar-refractivity contribution in [2.24, 2.45) is 0 Å². The highest BCUT2D eigenvalue weighted by Crippen LogP contribution is 2.43. The summed E-state index contributed by atoms with van der Waals surface area (Å²) < 4.78 is 29.4. The second-order valence-electron chi connectivity index (χ2n) is 13.0. The van der Waals surface area contributed by atoms with Gasteiger partial charge >= 0.3 is 7.82 Å². The van der Waals surface area contributed by atoms with Gasteiger partial charge in [-0.05, 0) is 12.8 Å². The lowest BCUT2D eigenvalue weighted by molar-refractivity contribution is -0.870. The fourth-order valence-electron chi connectivity index (χ4n) is 4.74. The number of rotatable bonds is 32. The molecule has 0 aliphatic carbocycles. The Morgan fingerprint density at radius 3 is 1.62 bits per heavy atom. The van der Waals surface area contributed by atoms with Gasteiger partial charge in [0.2, 0.25) is 5.91 Å². The van der Waals surface area contributed by atoms with Crippen molar-refractivity contribution in [3.63, 3.8) is 0 Å². The molecule has 0 aromatic rings. The average molecular weight is 622 g/mol. The Morgan fingerprint density at radius 2 is 1.14 bits per heavy atom. The molecule has 1 amide bonds. The largest absolute Gasteiger partial charge is 0.472 e. The normalized spacial score (nSPS) is 14.1. The molecule has 252 valence electrons. The van der Waals surface area contributed by atoms with Crippen molar-refractivity contribution in [1.29, 1.82) is 0 Å². The molecular formula is C33H70N2O6P+. The Hall–Kier alpha value is -0.500. The van der Waals surface area contributed by atoms with Crippen LogP contribution in [-0.2, 0) is 23.1 Å². The molecule has 0 fully saturated rings. The molecule has 0 aliphatic heterocycles. The van der Waals surface area contributed by atoms with E-state index in [1.807, 2.05) is 21.1 Å². The molecule has 0 saturated heterocycles. The SMILES string of the molecule is CCCCCCCCCCCCCOC(CNC(=O)CCCCCCCCCCC)COP(=O)(O)OCC[N+](C)(C)C. The monoisotopic (exact) mass is 621 g/mol. The third-order valence-corrected chi connectivity index (χ3v) is 8.56. The van der Waals surface area contributed by atoms with Gasteiger partial charge in [0, 0.05) is 19.6 Å². The Kier molecular flexibility index (Phi) is 27.7. The molecular weight excluding hydrogens is 551 g/mol. The van der Waals surface area contributed by atoms with Crippen molar-refractivity contribution < 1.29 is 32.5 Å². The van der Waals surface area contributed by atoms with E-state index < -0.39 is 13.9 Å². The molecule has 0 spiro atoms. The van der Waals surface area contributed by atoms with Crippen LogP contribution in [0, 0.1) is 0 Å². The van der Waals surface area contributed by atoms with E-state index in [2.05, 4.69) is 19.2 Å². The lowest BCUT2D eigenvalue weighted by atomic mass is 10.1. The van der Waals surface area contributed by atoms with Crippen molar-refractivity contribution in [3.8, 4) is 0 Å². The van der Waals surface area contributed by atoms with Gasteiger partial charge in [-0.2, -0.15) is 0 Å². The van der Waals surface area contributed by atoms with Crippen LogP contribution in [0.3, 0.4) is 0 Å². The maximum atomic E-state index is 12.4. The first kappa shape index (κ1) is 41.5. The van der Waals surface area contributed by atoms with E-state index in [1.165, 1.54) is 103 Å². The number of phosphoric acid groups is 1. The summed E-state index contributed by atoms with van der Waals surface area (Å²) in [6, 6.07) is 0. The summed E-state index contributed by atoms with van der Waals surface area (Å²) >= 11 is 0. The van der Waals surface area contributed by atoms with Crippen molar-refractivity contribution in [3.05, 3.63) is 0 Å². The second kappa shape index (κ2) is 28.0. The number of nitrogens with zero attached hydrogens (tertiary/aromatic N) is 1. The fourth-order valence-corrected chi connectivity index (χ4v) is 5.48. The minimum absolute atomic E-state index is 0.00684. The van der Waals surface area contributed by atoms with E-state index in [0.717, 1.165) is 25.7 Å². The molecule has 2 unspecified atom stereocenters. The number of amides is 1. The number of phosphoric ester groups is 1. The number of unbranched alkanes of at least 4 members (excludes halogenated alkanes) is 18. The van der Waals surface area contributed by atoms with Crippen LogP contribution < -0.4 is 5.32 Å². The first-order valence-corrected chi connectivity index (χ1v) is 18.9. The zero-order chi connectivity index (χ0) is 31.4. The lowest BCUT2D eigenvalue weighted by Gasteiger charge is -2.24. The number of quaternary nitrogens is 1. The van der Waals surface area contributed by atoms with Crippen LogP contribution in [-0.4, -0.2) is 75.4 Å². The molecule has 0 aromatic carbocycles. The molecule has 0 saturated carbocycles. The van der Waals surface area contributed by atoms with Crippen LogP contribution in [0.1, 0.15) is 149 Å². The second-order valence-corrected chi connectivity index (χ2v) is 14.5. The van der Waals surface area contributed by atoms with Gasteiger partial charge in [0.25, 0.3) is 0 Å². The zero-order valence-electron chi connectivity index (χ0n) is 28.3. The highest BCUT2D eigenvalue weighted by atomic mass is 31.2. The van der Waals surface area contributed by atoms with Crippen LogP contribution in [0.15, 0.2) is 0 Å². The van der Waals surface area contributed by atoms with Gasteiger partial charge in [-0.15, -0.1) is 0 Å². The molecule has 0 heterocycles. The van der Waals surface area contributed by atoms with Crippen LogP contribution in [0.5, 0.6) is 0 Å². The van der Waals surface area contributed by atoms with Crippen LogP contribution >= 0.6 is 7.82 Å².